The van der Waals surface area contributed by atoms with E-state index in [0.717, 1.165) is 0 Å². The van der Waals surface area contributed by atoms with Gasteiger partial charge in [-0.2, -0.15) is 0 Å². The van der Waals surface area contributed by atoms with Gasteiger partial charge in [-0.3, -0.25) is 14.9 Å². The van der Waals surface area contributed by atoms with Gasteiger partial charge >= 0.3 is 0 Å². The van der Waals surface area contributed by atoms with E-state index >= 15 is 0 Å². The minimum Gasteiger partial charge on any atom is -0.347 e. The first-order chi connectivity index (χ1) is 7.18. The molecule has 2 atom stereocenters. The number of aromatic nitrogens is 2. The van der Waals surface area contributed by atoms with Crippen LogP contribution in [0, 0.1) is 10.1 Å². The van der Waals surface area contributed by atoms with Gasteiger partial charge in [0.15, 0.2) is 0 Å². The van der Waals surface area contributed by atoms with Crippen molar-refractivity contribution < 1.29 is 9.72 Å². The maximum atomic E-state index is 11.2. The van der Waals surface area contributed by atoms with E-state index in [4.69, 9.17) is 0 Å². The molecule has 2 heterocycles. The SMILES string of the molecule is O=C1CC[C@H]([N+](=O)[O-])[C@@H](c2cnc[nH]2)N1. The summed E-state index contributed by atoms with van der Waals surface area (Å²) in [4.78, 5) is 28.2. The number of imidazole rings is 1. The van der Waals surface area contributed by atoms with E-state index in [0.29, 0.717) is 5.69 Å². The van der Waals surface area contributed by atoms with Gasteiger partial charge in [-0.1, -0.05) is 0 Å². The van der Waals surface area contributed by atoms with Crippen molar-refractivity contribution in [3.8, 4) is 0 Å². The molecule has 0 saturated carbocycles. The van der Waals surface area contributed by atoms with Crippen LogP contribution in [-0.2, 0) is 4.79 Å². The summed E-state index contributed by atoms with van der Waals surface area (Å²) in [5.41, 5.74) is 0.574. The van der Waals surface area contributed by atoms with Crippen molar-refractivity contribution >= 4 is 5.91 Å². The molecule has 7 heteroatoms. The lowest BCUT2D eigenvalue weighted by Crippen LogP contribution is -2.45. The quantitative estimate of drug-likeness (QED) is 0.530. The average molecular weight is 210 g/mol. The highest BCUT2D eigenvalue weighted by molar-refractivity contribution is 5.77. The van der Waals surface area contributed by atoms with Gasteiger partial charge in [0, 0.05) is 17.8 Å². The molecule has 1 amide bonds. The zero-order chi connectivity index (χ0) is 10.8. The minimum absolute atomic E-state index is 0.160. The van der Waals surface area contributed by atoms with E-state index in [-0.39, 0.29) is 23.7 Å². The highest BCUT2D eigenvalue weighted by Crippen LogP contribution is 2.24. The first kappa shape index (κ1) is 9.63. The number of amides is 1. The van der Waals surface area contributed by atoms with E-state index in [2.05, 4.69) is 15.3 Å². The number of aromatic amines is 1. The normalized spacial score (nSPS) is 26.0. The first-order valence-electron chi connectivity index (χ1n) is 4.59. The van der Waals surface area contributed by atoms with Gasteiger partial charge in [0.05, 0.1) is 18.2 Å². The third kappa shape index (κ3) is 1.80. The lowest BCUT2D eigenvalue weighted by Gasteiger charge is -2.25. The molecular formula is C8H10N4O3. The third-order valence-electron chi connectivity index (χ3n) is 2.49. The number of carbonyl (C=O) groups is 1. The Morgan fingerprint density at radius 3 is 3.00 bits per heavy atom. The maximum Gasteiger partial charge on any atom is 0.239 e. The van der Waals surface area contributed by atoms with Crippen molar-refractivity contribution in [1.29, 1.82) is 0 Å². The third-order valence-corrected chi connectivity index (χ3v) is 2.49. The fourth-order valence-corrected chi connectivity index (χ4v) is 1.74. The van der Waals surface area contributed by atoms with Gasteiger partial charge in [0.2, 0.25) is 11.9 Å². The van der Waals surface area contributed by atoms with E-state index < -0.39 is 12.1 Å². The largest absolute Gasteiger partial charge is 0.347 e. The number of carbonyl (C=O) groups excluding carboxylic acids is 1. The number of piperidine rings is 1. The smallest absolute Gasteiger partial charge is 0.239 e. The molecule has 0 radical (unpaired) electrons. The molecule has 1 saturated heterocycles. The van der Waals surface area contributed by atoms with Crippen LogP contribution in [0.25, 0.3) is 0 Å². The summed E-state index contributed by atoms with van der Waals surface area (Å²) in [7, 11) is 0. The van der Waals surface area contributed by atoms with Crippen molar-refractivity contribution in [3.63, 3.8) is 0 Å². The molecule has 0 spiro atoms. The van der Waals surface area contributed by atoms with Crippen molar-refractivity contribution in [3.05, 3.63) is 28.3 Å². The van der Waals surface area contributed by atoms with E-state index in [1.165, 1.54) is 12.5 Å². The molecule has 1 aliphatic rings. The van der Waals surface area contributed by atoms with Gasteiger partial charge in [-0.05, 0) is 0 Å². The monoisotopic (exact) mass is 210 g/mol. The number of nitro groups is 1. The van der Waals surface area contributed by atoms with Gasteiger partial charge in [-0.25, -0.2) is 4.98 Å². The van der Waals surface area contributed by atoms with E-state index in [1.54, 1.807) is 0 Å². The number of nitrogens with zero attached hydrogens (tertiary/aromatic N) is 2. The average Bonchev–Trinajstić information content (AvgIpc) is 2.69. The highest BCUT2D eigenvalue weighted by Gasteiger charge is 2.38. The molecule has 15 heavy (non-hydrogen) atoms. The highest BCUT2D eigenvalue weighted by atomic mass is 16.6. The van der Waals surface area contributed by atoms with Gasteiger partial charge < -0.3 is 10.3 Å². The van der Waals surface area contributed by atoms with Crippen LogP contribution in [0.15, 0.2) is 12.5 Å². The lowest BCUT2D eigenvalue weighted by atomic mass is 9.96. The van der Waals surface area contributed by atoms with E-state index in [9.17, 15) is 14.9 Å². The van der Waals surface area contributed by atoms with Crippen LogP contribution >= 0.6 is 0 Å². The van der Waals surface area contributed by atoms with Gasteiger partial charge in [0.25, 0.3) is 0 Å². The summed E-state index contributed by atoms with van der Waals surface area (Å²) in [6.07, 6.45) is 3.40. The Bertz CT molecular complexity index is 375. The standard InChI is InChI=1S/C8H10N4O3/c13-7-2-1-6(12(14)15)8(11-7)5-3-9-4-10-5/h3-4,6,8H,1-2H2,(H,9,10)(H,11,13)/t6-,8+/m0/s1. The van der Waals surface area contributed by atoms with Gasteiger partial charge in [-0.15, -0.1) is 0 Å². The van der Waals surface area contributed by atoms with Crippen LogP contribution in [0.4, 0.5) is 0 Å². The molecule has 0 aromatic carbocycles. The maximum absolute atomic E-state index is 11.2. The second-order valence-electron chi connectivity index (χ2n) is 3.44. The Balaban J connectivity index is 2.24. The Morgan fingerprint density at radius 2 is 2.40 bits per heavy atom. The van der Waals surface area contributed by atoms with Crippen LogP contribution in [0.1, 0.15) is 24.6 Å². The summed E-state index contributed by atoms with van der Waals surface area (Å²) >= 11 is 0. The van der Waals surface area contributed by atoms with Crippen LogP contribution < -0.4 is 5.32 Å². The summed E-state index contributed by atoms with van der Waals surface area (Å²) in [6, 6.07) is -1.37. The minimum atomic E-state index is -0.775. The molecule has 1 aliphatic heterocycles. The van der Waals surface area contributed by atoms with Crippen molar-refractivity contribution in [2.45, 2.75) is 24.9 Å². The van der Waals surface area contributed by atoms with Crippen LogP contribution in [0.5, 0.6) is 0 Å². The Hall–Kier alpha value is -1.92. The predicted octanol–water partition coefficient (Wildman–Crippen LogP) is 0.00610. The summed E-state index contributed by atoms with van der Waals surface area (Å²) in [5.74, 6) is -0.160. The number of rotatable bonds is 2. The van der Waals surface area contributed by atoms with Crippen LogP contribution in [0.2, 0.25) is 0 Å². The summed E-state index contributed by atoms with van der Waals surface area (Å²) in [6.45, 7) is 0. The number of nitrogens with one attached hydrogen (secondary N) is 2. The first-order valence-corrected chi connectivity index (χ1v) is 4.59. The number of H-pyrrole nitrogens is 1. The molecule has 2 rings (SSSR count). The van der Waals surface area contributed by atoms with Crippen LogP contribution in [-0.4, -0.2) is 26.8 Å². The molecule has 2 N–H and O–H groups in total. The lowest BCUT2D eigenvalue weighted by molar-refractivity contribution is -0.529. The number of hydrogen-bond donors (Lipinski definition) is 2. The topological polar surface area (TPSA) is 101 Å². The second-order valence-corrected chi connectivity index (χ2v) is 3.44. The molecule has 1 fully saturated rings. The number of hydrogen-bond acceptors (Lipinski definition) is 4. The fraction of sp³-hybridized carbons (Fsp3) is 0.500. The van der Waals surface area contributed by atoms with Crippen molar-refractivity contribution in [2.75, 3.05) is 0 Å². The Morgan fingerprint density at radius 1 is 1.60 bits per heavy atom. The summed E-state index contributed by atoms with van der Waals surface area (Å²) in [5, 5.41) is 13.4. The molecule has 0 bridgehead atoms. The van der Waals surface area contributed by atoms with Crippen molar-refractivity contribution in [2.24, 2.45) is 0 Å². The molecule has 0 aliphatic carbocycles. The molecule has 1 aromatic heterocycles. The fourth-order valence-electron chi connectivity index (χ4n) is 1.74. The predicted molar refractivity (Wildman–Crippen MR) is 49.5 cm³/mol. The van der Waals surface area contributed by atoms with Gasteiger partial charge in [0.1, 0.15) is 6.04 Å². The Kier molecular flexibility index (Phi) is 2.36. The molecule has 80 valence electrons. The second kappa shape index (κ2) is 3.68. The van der Waals surface area contributed by atoms with E-state index in [1.807, 2.05) is 0 Å². The molecule has 0 unspecified atom stereocenters. The summed E-state index contributed by atoms with van der Waals surface area (Å²) < 4.78 is 0. The Labute approximate surface area is 85.0 Å². The molecule has 1 aromatic rings. The van der Waals surface area contributed by atoms with Crippen LogP contribution in [0.3, 0.4) is 0 Å². The molecular weight excluding hydrogens is 200 g/mol. The van der Waals surface area contributed by atoms with Crippen molar-refractivity contribution in [1.82, 2.24) is 15.3 Å². The zero-order valence-corrected chi connectivity index (χ0v) is 7.84. The molecule has 7 nitrogen and oxygen atoms in total. The zero-order valence-electron chi connectivity index (χ0n) is 7.84.